The number of amides is 2. The lowest BCUT2D eigenvalue weighted by molar-refractivity contribution is -0.132. The first-order valence-electron chi connectivity index (χ1n) is 6.93. The molecule has 0 saturated heterocycles. The minimum absolute atomic E-state index is 0.0152. The molecule has 3 N–H and O–H groups in total. The number of rotatable bonds is 6. The van der Waals surface area contributed by atoms with Gasteiger partial charge in [0.15, 0.2) is 0 Å². The molecule has 7 heteroatoms. The van der Waals surface area contributed by atoms with E-state index in [0.717, 1.165) is 5.56 Å². The third kappa shape index (κ3) is 5.83. The Hall–Kier alpha value is -1.30. The first-order chi connectivity index (χ1) is 10.2. The van der Waals surface area contributed by atoms with Gasteiger partial charge >= 0.3 is 0 Å². The second kappa shape index (κ2) is 8.36. The summed E-state index contributed by atoms with van der Waals surface area (Å²) >= 11 is 11.8. The van der Waals surface area contributed by atoms with Crippen LogP contribution in [0.15, 0.2) is 18.2 Å². The van der Waals surface area contributed by atoms with Gasteiger partial charge in [-0.05, 0) is 29.7 Å². The lowest BCUT2D eigenvalue weighted by Crippen LogP contribution is -2.47. The molecule has 22 heavy (non-hydrogen) atoms. The monoisotopic (exact) mass is 345 g/mol. The predicted molar refractivity (Wildman–Crippen MR) is 88.8 cm³/mol. The maximum Gasteiger partial charge on any atom is 0.242 e. The summed E-state index contributed by atoms with van der Waals surface area (Å²) in [6, 6.07) is 4.49. The molecule has 0 aliphatic rings. The smallest absolute Gasteiger partial charge is 0.242 e. The number of carbonyl (C=O) groups is 2. The zero-order chi connectivity index (χ0) is 16.9. The zero-order valence-corrected chi connectivity index (χ0v) is 14.4. The van der Waals surface area contributed by atoms with Gasteiger partial charge in [0.05, 0.1) is 12.6 Å². The Balaban J connectivity index is 2.53. The van der Waals surface area contributed by atoms with Gasteiger partial charge in [-0.25, -0.2) is 0 Å². The molecular formula is C15H21Cl2N3O2. The van der Waals surface area contributed by atoms with Crippen LogP contribution in [0, 0.1) is 5.92 Å². The summed E-state index contributed by atoms with van der Waals surface area (Å²) in [4.78, 5) is 25.2. The molecule has 0 heterocycles. The summed E-state index contributed by atoms with van der Waals surface area (Å²) < 4.78 is 0. The van der Waals surface area contributed by atoms with Crippen molar-refractivity contribution in [2.24, 2.45) is 11.7 Å². The fraction of sp³-hybridized carbons (Fsp3) is 0.467. The number of likely N-dealkylation sites (N-methyl/N-ethyl adjacent to an activating group) is 1. The van der Waals surface area contributed by atoms with Gasteiger partial charge in [0.2, 0.25) is 11.8 Å². The highest BCUT2D eigenvalue weighted by Gasteiger charge is 2.18. The molecule has 0 fully saturated rings. The van der Waals surface area contributed by atoms with Gasteiger partial charge in [-0.3, -0.25) is 9.59 Å². The number of nitrogens with zero attached hydrogens (tertiary/aromatic N) is 1. The molecule has 2 amide bonds. The summed E-state index contributed by atoms with van der Waals surface area (Å²) in [7, 11) is 1.64. The van der Waals surface area contributed by atoms with Crippen LogP contribution in [-0.4, -0.2) is 36.3 Å². The van der Waals surface area contributed by atoms with Gasteiger partial charge in [-0.1, -0.05) is 37.0 Å². The van der Waals surface area contributed by atoms with Crippen LogP contribution in [0.2, 0.25) is 10.0 Å². The fourth-order valence-electron chi connectivity index (χ4n) is 1.78. The summed E-state index contributed by atoms with van der Waals surface area (Å²) in [6.45, 7) is 3.96. The van der Waals surface area contributed by atoms with Crippen molar-refractivity contribution in [1.82, 2.24) is 10.2 Å². The third-order valence-electron chi connectivity index (χ3n) is 3.20. The second-order valence-electron chi connectivity index (χ2n) is 5.52. The normalized spacial score (nSPS) is 12.1. The molecular weight excluding hydrogens is 325 g/mol. The molecule has 5 nitrogen and oxygen atoms in total. The number of carbonyl (C=O) groups excluding carboxylic acids is 2. The zero-order valence-electron chi connectivity index (χ0n) is 12.9. The topological polar surface area (TPSA) is 75.4 Å². The van der Waals surface area contributed by atoms with Crippen molar-refractivity contribution >= 4 is 35.0 Å². The molecule has 0 bridgehead atoms. The van der Waals surface area contributed by atoms with Crippen molar-refractivity contribution in [2.75, 3.05) is 13.6 Å². The maximum absolute atomic E-state index is 12.0. The van der Waals surface area contributed by atoms with E-state index in [0.29, 0.717) is 16.6 Å². The van der Waals surface area contributed by atoms with Crippen molar-refractivity contribution in [2.45, 2.75) is 26.4 Å². The molecule has 0 radical (unpaired) electrons. The van der Waals surface area contributed by atoms with E-state index in [9.17, 15) is 9.59 Å². The summed E-state index contributed by atoms with van der Waals surface area (Å²) in [5, 5.41) is 3.57. The fourth-order valence-corrected chi connectivity index (χ4v) is 2.35. The first kappa shape index (κ1) is 18.7. The van der Waals surface area contributed by atoms with Crippen LogP contribution in [0.4, 0.5) is 0 Å². The van der Waals surface area contributed by atoms with Crippen molar-refractivity contribution in [1.29, 1.82) is 0 Å². The van der Waals surface area contributed by atoms with E-state index in [4.69, 9.17) is 28.9 Å². The lowest BCUT2D eigenvalue weighted by atomic mass is 10.1. The van der Waals surface area contributed by atoms with Gasteiger partial charge in [-0.15, -0.1) is 0 Å². The van der Waals surface area contributed by atoms with E-state index in [1.54, 1.807) is 25.2 Å². The molecule has 1 aromatic rings. The number of hydrogen-bond acceptors (Lipinski definition) is 3. The number of benzene rings is 1. The van der Waals surface area contributed by atoms with Crippen LogP contribution < -0.4 is 11.1 Å². The number of nitrogens with two attached hydrogens (primary N) is 1. The molecule has 1 atom stereocenters. The van der Waals surface area contributed by atoms with Gasteiger partial charge in [0, 0.05) is 23.6 Å². The molecule has 0 spiro atoms. The summed E-state index contributed by atoms with van der Waals surface area (Å²) in [5.74, 6) is -0.538. The minimum atomic E-state index is -0.621. The standard InChI is InChI=1S/C15H21Cl2N3O2/c1-9(2)14(18)15(22)19-7-13(21)20(3)8-10-4-11(16)6-12(17)5-10/h4-6,9,14H,7-8,18H2,1-3H3,(H,19,22)/t14-/m0/s1. The average molecular weight is 346 g/mol. The van der Waals surface area contributed by atoms with Crippen molar-refractivity contribution in [3.8, 4) is 0 Å². The Morgan fingerprint density at radius 3 is 2.27 bits per heavy atom. The van der Waals surface area contributed by atoms with Crippen LogP contribution in [-0.2, 0) is 16.1 Å². The van der Waals surface area contributed by atoms with Crippen LogP contribution >= 0.6 is 23.2 Å². The molecule has 0 saturated carbocycles. The highest BCUT2D eigenvalue weighted by atomic mass is 35.5. The number of hydrogen-bond donors (Lipinski definition) is 2. The Bertz CT molecular complexity index is 529. The van der Waals surface area contributed by atoms with Gasteiger partial charge in [-0.2, -0.15) is 0 Å². The second-order valence-corrected chi connectivity index (χ2v) is 6.39. The van der Waals surface area contributed by atoms with E-state index in [-0.39, 0.29) is 24.3 Å². The largest absolute Gasteiger partial charge is 0.346 e. The molecule has 1 aromatic carbocycles. The molecule has 0 aliphatic carbocycles. The molecule has 0 unspecified atom stereocenters. The summed E-state index contributed by atoms with van der Waals surface area (Å²) in [6.07, 6.45) is 0. The van der Waals surface area contributed by atoms with E-state index < -0.39 is 6.04 Å². The highest BCUT2D eigenvalue weighted by molar-refractivity contribution is 6.34. The average Bonchev–Trinajstić information content (AvgIpc) is 2.42. The first-order valence-corrected chi connectivity index (χ1v) is 7.68. The summed E-state index contributed by atoms with van der Waals surface area (Å²) in [5.41, 5.74) is 6.53. The minimum Gasteiger partial charge on any atom is -0.346 e. The number of halogens is 2. The van der Waals surface area contributed by atoms with Gasteiger partial charge in [0.25, 0.3) is 0 Å². The lowest BCUT2D eigenvalue weighted by Gasteiger charge is -2.19. The van der Waals surface area contributed by atoms with Crippen LogP contribution in [0.1, 0.15) is 19.4 Å². The van der Waals surface area contributed by atoms with E-state index in [1.807, 2.05) is 13.8 Å². The van der Waals surface area contributed by atoms with Crippen molar-refractivity contribution < 1.29 is 9.59 Å². The SMILES string of the molecule is CC(C)[C@H](N)C(=O)NCC(=O)N(C)Cc1cc(Cl)cc(Cl)c1. The van der Waals surface area contributed by atoms with Gasteiger partial charge in [0.1, 0.15) is 0 Å². The van der Waals surface area contributed by atoms with Crippen LogP contribution in [0.5, 0.6) is 0 Å². The van der Waals surface area contributed by atoms with Crippen molar-refractivity contribution in [3.05, 3.63) is 33.8 Å². The Morgan fingerprint density at radius 1 is 1.23 bits per heavy atom. The Morgan fingerprint density at radius 2 is 1.77 bits per heavy atom. The number of nitrogens with one attached hydrogen (secondary N) is 1. The van der Waals surface area contributed by atoms with E-state index in [1.165, 1.54) is 4.90 Å². The molecule has 122 valence electrons. The third-order valence-corrected chi connectivity index (χ3v) is 3.64. The quantitative estimate of drug-likeness (QED) is 0.828. The van der Waals surface area contributed by atoms with Crippen LogP contribution in [0.3, 0.4) is 0 Å². The molecule has 0 aromatic heterocycles. The Labute approximate surface area is 140 Å². The van der Waals surface area contributed by atoms with E-state index in [2.05, 4.69) is 5.32 Å². The molecule has 0 aliphatic heterocycles. The van der Waals surface area contributed by atoms with Crippen molar-refractivity contribution in [3.63, 3.8) is 0 Å². The Kier molecular flexibility index (Phi) is 7.13. The van der Waals surface area contributed by atoms with E-state index >= 15 is 0 Å². The van der Waals surface area contributed by atoms with Crippen LogP contribution in [0.25, 0.3) is 0 Å². The molecule has 1 rings (SSSR count). The predicted octanol–water partition coefficient (Wildman–Crippen LogP) is 2.05. The highest BCUT2D eigenvalue weighted by Crippen LogP contribution is 2.19. The maximum atomic E-state index is 12.0. The van der Waals surface area contributed by atoms with Gasteiger partial charge < -0.3 is 16.0 Å².